The number of methoxy groups -OCH3 is 1. The van der Waals surface area contributed by atoms with Crippen LogP contribution in [0.1, 0.15) is 15.9 Å². The van der Waals surface area contributed by atoms with Gasteiger partial charge in [-0.2, -0.15) is 0 Å². The van der Waals surface area contributed by atoms with E-state index < -0.39 is 0 Å². The summed E-state index contributed by atoms with van der Waals surface area (Å²) in [5.41, 5.74) is 8.43. The number of hydrogen-bond acceptors (Lipinski definition) is 3. The SMILES string of the molecule is COc1ccc(Br)cc1C(=O)Nc1c(C)cc(N)cc1Br. The van der Waals surface area contributed by atoms with Crippen molar-refractivity contribution >= 4 is 49.1 Å². The quantitative estimate of drug-likeness (QED) is 0.734. The Morgan fingerprint density at radius 1 is 1.24 bits per heavy atom. The minimum absolute atomic E-state index is 0.248. The molecule has 0 bridgehead atoms. The lowest BCUT2D eigenvalue weighted by Gasteiger charge is -2.13. The average Bonchev–Trinajstić information content (AvgIpc) is 2.42. The molecule has 0 fully saturated rings. The Kier molecular flexibility index (Phi) is 4.90. The maximum atomic E-state index is 12.5. The smallest absolute Gasteiger partial charge is 0.259 e. The van der Waals surface area contributed by atoms with Gasteiger partial charge in [-0.25, -0.2) is 0 Å². The summed E-state index contributed by atoms with van der Waals surface area (Å²) >= 11 is 6.77. The molecule has 6 heteroatoms. The van der Waals surface area contributed by atoms with Crippen LogP contribution >= 0.6 is 31.9 Å². The van der Waals surface area contributed by atoms with Crippen LogP contribution in [0.15, 0.2) is 39.3 Å². The number of amides is 1. The van der Waals surface area contributed by atoms with Gasteiger partial charge >= 0.3 is 0 Å². The monoisotopic (exact) mass is 412 g/mol. The van der Waals surface area contributed by atoms with Gasteiger partial charge in [-0.15, -0.1) is 0 Å². The molecule has 110 valence electrons. The van der Waals surface area contributed by atoms with Crippen molar-refractivity contribution in [1.29, 1.82) is 0 Å². The van der Waals surface area contributed by atoms with Gasteiger partial charge in [0.15, 0.2) is 0 Å². The van der Waals surface area contributed by atoms with Crippen LogP contribution in [0, 0.1) is 6.92 Å². The minimum Gasteiger partial charge on any atom is -0.496 e. The van der Waals surface area contributed by atoms with Gasteiger partial charge in [-0.1, -0.05) is 15.9 Å². The highest BCUT2D eigenvalue weighted by Gasteiger charge is 2.15. The molecule has 0 aliphatic heterocycles. The van der Waals surface area contributed by atoms with E-state index >= 15 is 0 Å². The Morgan fingerprint density at radius 3 is 2.57 bits per heavy atom. The first-order valence-electron chi connectivity index (χ1n) is 6.13. The molecule has 1 amide bonds. The van der Waals surface area contributed by atoms with Crippen molar-refractivity contribution in [3.05, 3.63) is 50.4 Å². The highest BCUT2D eigenvalue weighted by molar-refractivity contribution is 9.10. The summed E-state index contributed by atoms with van der Waals surface area (Å²) in [6, 6.07) is 8.83. The van der Waals surface area contributed by atoms with Crippen LogP contribution in [0.2, 0.25) is 0 Å². The Balaban J connectivity index is 2.37. The molecule has 0 heterocycles. The topological polar surface area (TPSA) is 64.3 Å². The third-order valence-electron chi connectivity index (χ3n) is 2.95. The molecule has 21 heavy (non-hydrogen) atoms. The first-order chi connectivity index (χ1) is 9.92. The van der Waals surface area contributed by atoms with Crippen LogP contribution in [0.5, 0.6) is 5.75 Å². The zero-order valence-corrected chi connectivity index (χ0v) is 14.7. The summed E-state index contributed by atoms with van der Waals surface area (Å²) < 4.78 is 6.77. The Bertz CT molecular complexity index is 679. The Labute approximate surface area is 139 Å². The van der Waals surface area contributed by atoms with Crippen LogP contribution < -0.4 is 15.8 Å². The molecule has 3 N–H and O–H groups in total. The van der Waals surface area contributed by atoms with E-state index in [2.05, 4.69) is 37.2 Å². The van der Waals surface area contributed by atoms with Crippen LogP contribution in [-0.2, 0) is 0 Å². The lowest BCUT2D eigenvalue weighted by Crippen LogP contribution is -2.14. The second kappa shape index (κ2) is 6.49. The molecule has 0 aliphatic rings. The number of nitrogens with one attached hydrogen (secondary N) is 1. The molecule has 0 aliphatic carbocycles. The van der Waals surface area contributed by atoms with Gasteiger partial charge in [0, 0.05) is 14.6 Å². The van der Waals surface area contributed by atoms with Crippen molar-refractivity contribution in [2.75, 3.05) is 18.2 Å². The Morgan fingerprint density at radius 2 is 1.95 bits per heavy atom. The number of aryl methyl sites for hydroxylation is 1. The molecule has 0 radical (unpaired) electrons. The van der Waals surface area contributed by atoms with E-state index in [1.807, 2.05) is 13.0 Å². The predicted molar refractivity (Wildman–Crippen MR) is 91.9 cm³/mol. The van der Waals surface area contributed by atoms with Gasteiger partial charge < -0.3 is 15.8 Å². The van der Waals surface area contributed by atoms with E-state index in [0.717, 1.165) is 14.5 Å². The normalized spacial score (nSPS) is 10.3. The lowest BCUT2D eigenvalue weighted by molar-refractivity contribution is 0.102. The van der Waals surface area contributed by atoms with Crippen LogP contribution in [0.4, 0.5) is 11.4 Å². The minimum atomic E-state index is -0.248. The van der Waals surface area contributed by atoms with Gasteiger partial charge in [0.1, 0.15) is 5.75 Å². The zero-order chi connectivity index (χ0) is 15.6. The highest BCUT2D eigenvalue weighted by atomic mass is 79.9. The van der Waals surface area contributed by atoms with Gasteiger partial charge in [-0.3, -0.25) is 4.79 Å². The fourth-order valence-electron chi connectivity index (χ4n) is 1.97. The second-order valence-electron chi connectivity index (χ2n) is 4.49. The molecule has 2 aromatic rings. The molecule has 0 saturated heterocycles. The summed E-state index contributed by atoms with van der Waals surface area (Å²) in [6.07, 6.45) is 0. The van der Waals surface area contributed by atoms with E-state index in [1.54, 1.807) is 24.3 Å². The fraction of sp³-hybridized carbons (Fsp3) is 0.133. The first kappa shape index (κ1) is 15.9. The molecular formula is C15H14Br2N2O2. The number of nitrogens with two attached hydrogens (primary N) is 1. The number of hydrogen-bond donors (Lipinski definition) is 2. The molecule has 2 rings (SSSR count). The number of anilines is 2. The third-order valence-corrected chi connectivity index (χ3v) is 4.07. The van der Waals surface area contributed by atoms with Crippen molar-refractivity contribution in [1.82, 2.24) is 0 Å². The zero-order valence-electron chi connectivity index (χ0n) is 11.5. The maximum absolute atomic E-state index is 12.5. The molecule has 4 nitrogen and oxygen atoms in total. The number of nitrogen functional groups attached to an aromatic ring is 1. The fourth-order valence-corrected chi connectivity index (χ4v) is 3.00. The van der Waals surface area contributed by atoms with Crippen molar-refractivity contribution in [2.45, 2.75) is 6.92 Å². The lowest BCUT2D eigenvalue weighted by atomic mass is 10.1. The molecule has 0 unspecified atom stereocenters. The summed E-state index contributed by atoms with van der Waals surface area (Å²) in [6.45, 7) is 1.88. The molecule has 0 saturated carbocycles. The van der Waals surface area contributed by atoms with E-state index in [-0.39, 0.29) is 5.91 Å². The van der Waals surface area contributed by atoms with Gasteiger partial charge in [-0.05, 0) is 58.7 Å². The predicted octanol–water partition coefficient (Wildman–Crippen LogP) is 4.36. The largest absolute Gasteiger partial charge is 0.496 e. The van der Waals surface area contributed by atoms with Crippen LogP contribution in [-0.4, -0.2) is 13.0 Å². The van der Waals surface area contributed by atoms with Crippen molar-refractivity contribution in [3.63, 3.8) is 0 Å². The molecule has 0 spiro atoms. The second-order valence-corrected chi connectivity index (χ2v) is 6.26. The number of halogens is 2. The molecular weight excluding hydrogens is 400 g/mol. The van der Waals surface area contributed by atoms with E-state index in [4.69, 9.17) is 10.5 Å². The van der Waals surface area contributed by atoms with E-state index in [1.165, 1.54) is 7.11 Å². The number of carbonyl (C=O) groups excluding carboxylic acids is 1. The van der Waals surface area contributed by atoms with Crippen molar-refractivity contribution in [3.8, 4) is 5.75 Å². The first-order valence-corrected chi connectivity index (χ1v) is 7.71. The van der Waals surface area contributed by atoms with Crippen molar-refractivity contribution < 1.29 is 9.53 Å². The van der Waals surface area contributed by atoms with Gasteiger partial charge in [0.05, 0.1) is 18.4 Å². The van der Waals surface area contributed by atoms with Gasteiger partial charge in [0.2, 0.25) is 0 Å². The summed E-state index contributed by atoms with van der Waals surface area (Å²) in [4.78, 5) is 12.5. The highest BCUT2D eigenvalue weighted by Crippen LogP contribution is 2.31. The van der Waals surface area contributed by atoms with E-state index in [0.29, 0.717) is 22.7 Å². The maximum Gasteiger partial charge on any atom is 0.259 e. The number of rotatable bonds is 3. The van der Waals surface area contributed by atoms with Crippen LogP contribution in [0.3, 0.4) is 0 Å². The van der Waals surface area contributed by atoms with Crippen molar-refractivity contribution in [2.24, 2.45) is 0 Å². The average molecular weight is 414 g/mol. The van der Waals surface area contributed by atoms with E-state index in [9.17, 15) is 4.79 Å². The molecule has 2 aromatic carbocycles. The standard InChI is InChI=1S/C15H14Br2N2O2/c1-8-5-10(18)7-12(17)14(8)19-15(20)11-6-9(16)3-4-13(11)21-2/h3-7H,18H2,1-2H3,(H,19,20). The number of carbonyl (C=O) groups is 1. The number of ether oxygens (including phenoxy) is 1. The van der Waals surface area contributed by atoms with Crippen LogP contribution in [0.25, 0.3) is 0 Å². The molecule has 0 atom stereocenters. The third kappa shape index (κ3) is 3.57. The number of benzene rings is 2. The Hall–Kier alpha value is -1.53. The summed E-state index contributed by atoms with van der Waals surface area (Å²) in [7, 11) is 1.53. The summed E-state index contributed by atoms with van der Waals surface area (Å²) in [5, 5.41) is 2.88. The van der Waals surface area contributed by atoms with Gasteiger partial charge in [0.25, 0.3) is 5.91 Å². The summed E-state index contributed by atoms with van der Waals surface area (Å²) in [5.74, 6) is 0.265. The molecule has 0 aromatic heterocycles.